The van der Waals surface area contributed by atoms with Gasteiger partial charge in [0.1, 0.15) is 0 Å². The Morgan fingerprint density at radius 1 is 1.12 bits per heavy atom. The predicted octanol–water partition coefficient (Wildman–Crippen LogP) is 3.74. The fraction of sp³-hybridized carbons (Fsp3) is 1.00. The second-order valence-electron chi connectivity index (χ2n) is 7.54. The standard InChI is InChI=1S/C16H33F3N2O2S/c1-8-9-14(10-15(4,5)20(6)24(7,22)23)11-21(13(2)3)12-16(17,18)19/h13-14H,8-12H2,1-7H3. The van der Waals surface area contributed by atoms with Crippen molar-refractivity contribution in [1.29, 1.82) is 0 Å². The summed E-state index contributed by atoms with van der Waals surface area (Å²) in [6.07, 6.45) is -0.956. The summed E-state index contributed by atoms with van der Waals surface area (Å²) in [6.45, 7) is 8.51. The van der Waals surface area contributed by atoms with Crippen LogP contribution in [0.25, 0.3) is 0 Å². The van der Waals surface area contributed by atoms with Crippen molar-refractivity contribution in [2.24, 2.45) is 5.92 Å². The van der Waals surface area contributed by atoms with Crippen molar-refractivity contribution in [3.05, 3.63) is 0 Å². The van der Waals surface area contributed by atoms with Gasteiger partial charge in [-0.25, -0.2) is 8.42 Å². The molecular weight excluding hydrogens is 341 g/mol. The molecule has 0 radical (unpaired) electrons. The zero-order valence-electron chi connectivity index (χ0n) is 15.9. The molecule has 24 heavy (non-hydrogen) atoms. The van der Waals surface area contributed by atoms with Gasteiger partial charge in [-0.1, -0.05) is 13.3 Å². The van der Waals surface area contributed by atoms with E-state index >= 15 is 0 Å². The Balaban J connectivity index is 5.20. The summed E-state index contributed by atoms with van der Waals surface area (Å²) in [5.41, 5.74) is -0.645. The minimum absolute atomic E-state index is 0.000972. The molecule has 0 N–H and O–H groups in total. The number of alkyl halides is 3. The molecule has 146 valence electrons. The first-order chi connectivity index (χ1) is 10.6. The van der Waals surface area contributed by atoms with Gasteiger partial charge < -0.3 is 0 Å². The lowest BCUT2D eigenvalue weighted by molar-refractivity contribution is -0.151. The Hall–Kier alpha value is -0.340. The molecule has 4 nitrogen and oxygen atoms in total. The molecule has 0 aliphatic heterocycles. The molecule has 0 aromatic carbocycles. The lowest BCUT2D eigenvalue weighted by Gasteiger charge is -2.39. The van der Waals surface area contributed by atoms with Crippen LogP contribution in [0.4, 0.5) is 13.2 Å². The molecule has 0 aromatic heterocycles. The van der Waals surface area contributed by atoms with E-state index in [0.29, 0.717) is 13.0 Å². The molecule has 0 spiro atoms. The normalized spacial score (nSPS) is 15.5. The molecule has 0 rings (SSSR count). The third-order valence-corrected chi connectivity index (χ3v) is 5.93. The van der Waals surface area contributed by atoms with Gasteiger partial charge in [-0.3, -0.25) is 4.90 Å². The van der Waals surface area contributed by atoms with Crippen LogP contribution in [0.2, 0.25) is 0 Å². The second kappa shape index (κ2) is 8.85. The molecule has 0 fully saturated rings. The topological polar surface area (TPSA) is 40.6 Å². The number of rotatable bonds is 10. The summed E-state index contributed by atoms with van der Waals surface area (Å²) in [5.74, 6) is -0.000972. The van der Waals surface area contributed by atoms with Gasteiger partial charge in [-0.2, -0.15) is 17.5 Å². The van der Waals surface area contributed by atoms with E-state index in [2.05, 4.69) is 0 Å². The average Bonchev–Trinajstić information content (AvgIpc) is 2.33. The Labute approximate surface area is 145 Å². The van der Waals surface area contributed by atoms with Crippen molar-refractivity contribution < 1.29 is 21.6 Å². The first kappa shape index (κ1) is 23.7. The lowest BCUT2D eigenvalue weighted by Crippen LogP contribution is -2.48. The van der Waals surface area contributed by atoms with Crippen LogP contribution in [0, 0.1) is 5.92 Å². The van der Waals surface area contributed by atoms with Gasteiger partial charge >= 0.3 is 6.18 Å². The number of hydrogen-bond acceptors (Lipinski definition) is 3. The highest BCUT2D eigenvalue weighted by Crippen LogP contribution is 2.29. The number of hydrogen-bond donors (Lipinski definition) is 0. The highest BCUT2D eigenvalue weighted by Gasteiger charge is 2.36. The van der Waals surface area contributed by atoms with Crippen molar-refractivity contribution in [3.8, 4) is 0 Å². The molecule has 0 heterocycles. The van der Waals surface area contributed by atoms with Crippen LogP contribution in [-0.2, 0) is 10.0 Å². The Morgan fingerprint density at radius 2 is 1.62 bits per heavy atom. The van der Waals surface area contributed by atoms with Crippen LogP contribution < -0.4 is 0 Å². The minimum atomic E-state index is -4.24. The zero-order valence-corrected chi connectivity index (χ0v) is 16.8. The Bertz CT molecular complexity index is 476. The van der Waals surface area contributed by atoms with Crippen molar-refractivity contribution in [2.45, 2.75) is 71.6 Å². The minimum Gasteiger partial charge on any atom is -0.292 e. The lowest BCUT2D eigenvalue weighted by atomic mass is 9.87. The summed E-state index contributed by atoms with van der Waals surface area (Å²) in [4.78, 5) is 1.43. The largest absolute Gasteiger partial charge is 0.401 e. The van der Waals surface area contributed by atoms with Crippen LogP contribution in [0.5, 0.6) is 0 Å². The van der Waals surface area contributed by atoms with Gasteiger partial charge in [0.15, 0.2) is 0 Å². The molecule has 0 aliphatic rings. The SMILES string of the molecule is CCCC(CN(CC(F)(F)F)C(C)C)CC(C)(C)N(C)S(C)(=O)=O. The van der Waals surface area contributed by atoms with Crippen LogP contribution in [0.1, 0.15) is 53.9 Å². The van der Waals surface area contributed by atoms with Crippen LogP contribution in [-0.4, -0.2) is 61.8 Å². The van der Waals surface area contributed by atoms with Gasteiger partial charge in [0.05, 0.1) is 12.8 Å². The van der Waals surface area contributed by atoms with Gasteiger partial charge in [-0.05, 0) is 46.5 Å². The van der Waals surface area contributed by atoms with Crippen LogP contribution >= 0.6 is 0 Å². The van der Waals surface area contributed by atoms with Crippen molar-refractivity contribution in [3.63, 3.8) is 0 Å². The van der Waals surface area contributed by atoms with Crippen LogP contribution in [0.3, 0.4) is 0 Å². The van der Waals surface area contributed by atoms with Gasteiger partial charge in [0, 0.05) is 25.2 Å². The summed E-state index contributed by atoms with van der Waals surface area (Å²) in [7, 11) is -1.83. The highest BCUT2D eigenvalue weighted by molar-refractivity contribution is 7.88. The molecule has 0 amide bonds. The maximum atomic E-state index is 12.8. The molecular formula is C16H33F3N2O2S. The summed E-state index contributed by atoms with van der Waals surface area (Å²) >= 11 is 0. The number of halogens is 3. The number of nitrogens with zero attached hydrogens (tertiary/aromatic N) is 2. The van der Waals surface area contributed by atoms with Crippen molar-refractivity contribution >= 4 is 10.0 Å². The smallest absolute Gasteiger partial charge is 0.292 e. The molecule has 0 aliphatic carbocycles. The maximum Gasteiger partial charge on any atom is 0.401 e. The molecule has 1 unspecified atom stereocenters. The van der Waals surface area contributed by atoms with Gasteiger partial charge in [0.25, 0.3) is 0 Å². The predicted molar refractivity (Wildman–Crippen MR) is 92.5 cm³/mol. The van der Waals surface area contributed by atoms with E-state index in [4.69, 9.17) is 0 Å². The maximum absolute atomic E-state index is 12.8. The van der Waals surface area contributed by atoms with Crippen molar-refractivity contribution in [2.75, 3.05) is 26.4 Å². The molecule has 1 atom stereocenters. The van der Waals surface area contributed by atoms with E-state index < -0.39 is 28.3 Å². The zero-order chi connectivity index (χ0) is 19.3. The first-order valence-corrected chi connectivity index (χ1v) is 10.2. The second-order valence-corrected chi connectivity index (χ2v) is 9.55. The van der Waals surface area contributed by atoms with E-state index in [1.807, 2.05) is 20.8 Å². The van der Waals surface area contributed by atoms with Gasteiger partial charge in [0.2, 0.25) is 10.0 Å². The molecule has 0 saturated carbocycles. The van der Waals surface area contributed by atoms with E-state index in [9.17, 15) is 21.6 Å². The molecule has 0 bridgehead atoms. The van der Waals surface area contributed by atoms with E-state index in [-0.39, 0.29) is 12.0 Å². The average molecular weight is 375 g/mol. The van der Waals surface area contributed by atoms with E-state index in [1.54, 1.807) is 13.8 Å². The molecule has 0 saturated heterocycles. The fourth-order valence-electron chi connectivity index (χ4n) is 2.97. The third-order valence-electron chi connectivity index (χ3n) is 4.44. The van der Waals surface area contributed by atoms with Crippen LogP contribution in [0.15, 0.2) is 0 Å². The van der Waals surface area contributed by atoms with Crippen molar-refractivity contribution in [1.82, 2.24) is 9.21 Å². The third kappa shape index (κ3) is 8.67. The summed E-state index contributed by atoms with van der Waals surface area (Å²) in [6, 6.07) is -0.221. The first-order valence-electron chi connectivity index (χ1n) is 8.35. The summed E-state index contributed by atoms with van der Waals surface area (Å²) in [5, 5.41) is 0. The quantitative estimate of drug-likeness (QED) is 0.585. The Morgan fingerprint density at radius 3 is 1.96 bits per heavy atom. The Kier molecular flexibility index (Phi) is 8.72. The molecule has 0 aromatic rings. The molecule has 8 heteroatoms. The fourth-order valence-corrected chi connectivity index (χ4v) is 3.94. The number of sulfonamides is 1. The monoisotopic (exact) mass is 374 g/mol. The van der Waals surface area contributed by atoms with Gasteiger partial charge in [-0.15, -0.1) is 0 Å². The highest BCUT2D eigenvalue weighted by atomic mass is 32.2. The van der Waals surface area contributed by atoms with E-state index in [1.165, 1.54) is 16.3 Å². The summed E-state index contributed by atoms with van der Waals surface area (Å²) < 4.78 is 63.3. The van der Waals surface area contributed by atoms with E-state index in [0.717, 1.165) is 19.1 Å².